The summed E-state index contributed by atoms with van der Waals surface area (Å²) in [6, 6.07) is 0. The first-order valence-corrected chi connectivity index (χ1v) is 8.32. The fraction of sp³-hybridized carbons (Fsp3) is 0.786. The Morgan fingerprint density at radius 3 is 2.58 bits per heavy atom. The van der Waals surface area contributed by atoms with Gasteiger partial charge in [0, 0.05) is 30.4 Å². The molecule has 1 aliphatic carbocycles. The molecule has 19 heavy (non-hydrogen) atoms. The second-order valence-corrected chi connectivity index (χ2v) is 7.04. The Morgan fingerprint density at radius 2 is 2.11 bits per heavy atom. The largest absolute Gasteiger partial charge is 0.304 e. The third kappa shape index (κ3) is 3.69. The lowest BCUT2D eigenvalue weighted by Gasteiger charge is -2.49. The Hall–Kier alpha value is -0.160. The summed E-state index contributed by atoms with van der Waals surface area (Å²) in [5.74, 6) is 0.524. The first kappa shape index (κ1) is 15.2. The first-order chi connectivity index (χ1) is 9.05. The van der Waals surface area contributed by atoms with E-state index < -0.39 is 0 Å². The van der Waals surface area contributed by atoms with Crippen LogP contribution in [0.5, 0.6) is 0 Å². The van der Waals surface area contributed by atoms with Gasteiger partial charge in [-0.05, 0) is 40.4 Å². The third-order valence-corrected chi connectivity index (χ3v) is 5.47. The van der Waals surface area contributed by atoms with E-state index in [9.17, 15) is 0 Å². The average molecular weight is 302 g/mol. The van der Waals surface area contributed by atoms with Gasteiger partial charge in [-0.3, -0.25) is 0 Å². The van der Waals surface area contributed by atoms with Crippen LogP contribution >= 0.6 is 22.9 Å². The smallest absolute Gasteiger partial charge is 0.0941 e. The molecule has 5 heteroatoms. The highest BCUT2D eigenvalue weighted by atomic mass is 35.5. The van der Waals surface area contributed by atoms with Gasteiger partial charge in [-0.1, -0.05) is 0 Å². The molecule has 0 radical (unpaired) electrons. The molecule has 3 nitrogen and oxygen atoms in total. The number of nitrogens with zero attached hydrogens (tertiary/aromatic N) is 3. The van der Waals surface area contributed by atoms with Crippen LogP contribution in [-0.2, 0) is 12.3 Å². The van der Waals surface area contributed by atoms with Crippen LogP contribution in [0.25, 0.3) is 0 Å². The van der Waals surface area contributed by atoms with Crippen LogP contribution in [0.3, 0.4) is 0 Å². The van der Waals surface area contributed by atoms with Crippen molar-refractivity contribution in [1.82, 2.24) is 14.8 Å². The summed E-state index contributed by atoms with van der Waals surface area (Å²) in [6.07, 6.45) is 5.06. The van der Waals surface area contributed by atoms with E-state index in [1.165, 1.54) is 24.3 Å². The van der Waals surface area contributed by atoms with Crippen LogP contribution in [0.1, 0.15) is 30.0 Å². The van der Waals surface area contributed by atoms with Crippen molar-refractivity contribution >= 4 is 22.9 Å². The number of aromatic nitrogens is 1. The second kappa shape index (κ2) is 6.53. The molecule has 1 saturated carbocycles. The first-order valence-electron chi connectivity index (χ1n) is 6.91. The molecule has 0 aromatic carbocycles. The lowest BCUT2D eigenvalue weighted by Crippen LogP contribution is -2.56. The van der Waals surface area contributed by atoms with Crippen molar-refractivity contribution in [2.45, 2.75) is 37.1 Å². The molecular formula is C14H24ClN3S. The molecule has 0 aliphatic heterocycles. The molecule has 1 aromatic rings. The minimum atomic E-state index is 0.416. The Balaban J connectivity index is 1.79. The van der Waals surface area contributed by atoms with Crippen molar-refractivity contribution in [2.75, 3.05) is 34.2 Å². The van der Waals surface area contributed by atoms with E-state index in [0.717, 1.165) is 25.2 Å². The number of rotatable bonds is 7. The zero-order chi connectivity index (χ0) is 13.9. The van der Waals surface area contributed by atoms with Crippen LogP contribution < -0.4 is 0 Å². The third-order valence-electron chi connectivity index (χ3n) is 4.24. The number of hydrogen-bond acceptors (Lipinski definition) is 4. The van der Waals surface area contributed by atoms with Gasteiger partial charge in [-0.2, -0.15) is 0 Å². The molecule has 108 valence electrons. The van der Waals surface area contributed by atoms with E-state index in [-0.39, 0.29) is 0 Å². The van der Waals surface area contributed by atoms with E-state index in [1.54, 1.807) is 11.3 Å². The van der Waals surface area contributed by atoms with Crippen molar-refractivity contribution < 1.29 is 0 Å². The van der Waals surface area contributed by atoms with E-state index in [2.05, 4.69) is 41.3 Å². The second-order valence-electron chi connectivity index (χ2n) is 5.83. The molecule has 0 amide bonds. The number of halogens is 1. The summed E-state index contributed by atoms with van der Waals surface area (Å²) in [4.78, 5) is 9.37. The summed E-state index contributed by atoms with van der Waals surface area (Å²) in [5, 5.41) is 3.27. The molecule has 0 saturated heterocycles. The molecule has 0 unspecified atom stereocenters. The molecule has 0 N–H and O–H groups in total. The Morgan fingerprint density at radius 1 is 1.37 bits per heavy atom. The summed E-state index contributed by atoms with van der Waals surface area (Å²) in [7, 11) is 6.64. The van der Waals surface area contributed by atoms with Crippen LogP contribution in [0.15, 0.2) is 5.38 Å². The predicted molar refractivity (Wildman–Crippen MR) is 83.1 cm³/mol. The maximum Gasteiger partial charge on any atom is 0.0941 e. The molecule has 0 atom stereocenters. The normalized spacial score (nSPS) is 18.0. The SMILES string of the molecule is CN(CCc1nc(CCl)cs1)CC1(N(C)C)CCC1. The molecule has 1 aliphatic rings. The van der Waals surface area contributed by atoms with Gasteiger partial charge in [-0.15, -0.1) is 22.9 Å². The van der Waals surface area contributed by atoms with E-state index >= 15 is 0 Å². The van der Waals surface area contributed by atoms with Crippen LogP contribution in [0.4, 0.5) is 0 Å². The number of thiazole rings is 1. The highest BCUT2D eigenvalue weighted by Gasteiger charge is 2.39. The highest BCUT2D eigenvalue weighted by molar-refractivity contribution is 7.09. The van der Waals surface area contributed by atoms with Gasteiger partial charge < -0.3 is 9.80 Å². The van der Waals surface area contributed by atoms with Crippen LogP contribution in [0.2, 0.25) is 0 Å². The minimum absolute atomic E-state index is 0.416. The van der Waals surface area contributed by atoms with Crippen molar-refractivity contribution in [3.05, 3.63) is 16.1 Å². The molecule has 1 aromatic heterocycles. The van der Waals surface area contributed by atoms with E-state index in [0.29, 0.717) is 11.4 Å². The van der Waals surface area contributed by atoms with Crippen LogP contribution in [0, 0.1) is 0 Å². The number of hydrogen-bond donors (Lipinski definition) is 0. The number of likely N-dealkylation sites (N-methyl/N-ethyl adjacent to an activating group) is 2. The monoisotopic (exact) mass is 301 g/mol. The molecule has 1 heterocycles. The van der Waals surface area contributed by atoms with Crippen LogP contribution in [-0.4, -0.2) is 54.6 Å². The lowest BCUT2D eigenvalue weighted by atomic mass is 9.75. The lowest BCUT2D eigenvalue weighted by molar-refractivity contribution is 0.0282. The van der Waals surface area contributed by atoms with E-state index in [4.69, 9.17) is 11.6 Å². The van der Waals surface area contributed by atoms with E-state index in [1.807, 2.05) is 0 Å². The maximum atomic E-state index is 5.78. The molecule has 2 rings (SSSR count). The molecular weight excluding hydrogens is 278 g/mol. The Kier molecular flexibility index (Phi) is 5.23. The van der Waals surface area contributed by atoms with Gasteiger partial charge in [-0.25, -0.2) is 4.98 Å². The Bertz CT molecular complexity index is 401. The van der Waals surface area contributed by atoms with Gasteiger partial charge in [0.15, 0.2) is 0 Å². The van der Waals surface area contributed by atoms with Gasteiger partial charge in [0.05, 0.1) is 16.6 Å². The van der Waals surface area contributed by atoms with Crippen molar-refractivity contribution in [3.63, 3.8) is 0 Å². The maximum absolute atomic E-state index is 5.78. The van der Waals surface area contributed by atoms with Crippen molar-refractivity contribution in [3.8, 4) is 0 Å². The summed E-state index contributed by atoms with van der Waals surface area (Å²) in [5.41, 5.74) is 1.42. The van der Waals surface area contributed by atoms with Gasteiger partial charge >= 0.3 is 0 Å². The van der Waals surface area contributed by atoms with Gasteiger partial charge in [0.25, 0.3) is 0 Å². The Labute approximate surface area is 125 Å². The zero-order valence-corrected chi connectivity index (χ0v) is 13.7. The van der Waals surface area contributed by atoms with Crippen molar-refractivity contribution in [2.24, 2.45) is 0 Å². The predicted octanol–water partition coefficient (Wildman–Crippen LogP) is 2.84. The fourth-order valence-electron chi connectivity index (χ4n) is 2.72. The van der Waals surface area contributed by atoms with Gasteiger partial charge in [0.2, 0.25) is 0 Å². The zero-order valence-electron chi connectivity index (χ0n) is 12.2. The minimum Gasteiger partial charge on any atom is -0.304 e. The standard InChI is InChI=1S/C14H24ClN3S/c1-17(2)14(6-4-7-14)11-18(3)8-5-13-16-12(9-15)10-19-13/h10H,4-9,11H2,1-3H3. The molecule has 0 bridgehead atoms. The quantitative estimate of drug-likeness (QED) is 0.722. The summed E-state index contributed by atoms with van der Waals surface area (Å²) in [6.45, 7) is 2.23. The topological polar surface area (TPSA) is 19.4 Å². The summed E-state index contributed by atoms with van der Waals surface area (Å²) >= 11 is 7.51. The molecule has 0 spiro atoms. The highest BCUT2D eigenvalue weighted by Crippen LogP contribution is 2.36. The molecule has 1 fully saturated rings. The summed E-state index contributed by atoms with van der Waals surface area (Å²) < 4.78 is 0. The number of alkyl halides is 1. The van der Waals surface area contributed by atoms with Gasteiger partial charge in [0.1, 0.15) is 0 Å². The van der Waals surface area contributed by atoms with Crippen molar-refractivity contribution in [1.29, 1.82) is 0 Å². The fourth-order valence-corrected chi connectivity index (χ4v) is 3.74. The average Bonchev–Trinajstić information content (AvgIpc) is 2.78.